The second kappa shape index (κ2) is 12.9. The topological polar surface area (TPSA) is 55.9 Å². The summed E-state index contributed by atoms with van der Waals surface area (Å²) in [6.45, 7) is 10.6. The van der Waals surface area contributed by atoms with E-state index < -0.39 is 0 Å². The number of nitrogens with one attached hydrogen (secondary N) is 1. The number of thiophene rings is 1. The highest BCUT2D eigenvalue weighted by molar-refractivity contribution is 7.10. The SMILES string of the molecule is Cc1ccsc1CN(Cc1ccccc1)C(=O)CN(CCN1CCCC1)C(=O)Nc1cccc(C)c1C. The molecular formula is C30H38N4O2S. The molecule has 0 spiro atoms. The van der Waals surface area contributed by atoms with E-state index in [-0.39, 0.29) is 18.5 Å². The van der Waals surface area contributed by atoms with Gasteiger partial charge in [0.25, 0.3) is 0 Å². The van der Waals surface area contributed by atoms with Crippen LogP contribution in [0.2, 0.25) is 0 Å². The molecule has 1 aliphatic heterocycles. The van der Waals surface area contributed by atoms with E-state index >= 15 is 0 Å². The lowest BCUT2D eigenvalue weighted by Gasteiger charge is -2.29. The van der Waals surface area contributed by atoms with Gasteiger partial charge in [0.1, 0.15) is 6.54 Å². The molecule has 1 saturated heterocycles. The molecule has 1 N–H and O–H groups in total. The molecule has 0 saturated carbocycles. The Morgan fingerprint density at radius 1 is 0.892 bits per heavy atom. The number of hydrogen-bond donors (Lipinski definition) is 1. The van der Waals surface area contributed by atoms with E-state index in [1.165, 1.54) is 23.3 Å². The van der Waals surface area contributed by atoms with Gasteiger partial charge in [-0.05, 0) is 86.5 Å². The lowest BCUT2D eigenvalue weighted by atomic mass is 10.1. The third kappa shape index (κ3) is 7.43. The van der Waals surface area contributed by atoms with Gasteiger partial charge in [0.2, 0.25) is 5.91 Å². The molecule has 7 heteroatoms. The number of aryl methyl sites for hydroxylation is 2. The Morgan fingerprint density at radius 3 is 2.35 bits per heavy atom. The van der Waals surface area contributed by atoms with Gasteiger partial charge < -0.3 is 20.0 Å². The number of rotatable bonds is 10. The lowest BCUT2D eigenvalue weighted by Crippen LogP contribution is -2.46. The molecule has 0 atom stereocenters. The average Bonchev–Trinajstić information content (AvgIpc) is 3.56. The molecule has 0 aliphatic carbocycles. The Bertz CT molecular complexity index is 1190. The fraction of sp³-hybridized carbons (Fsp3) is 0.400. The summed E-state index contributed by atoms with van der Waals surface area (Å²) in [4.78, 5) is 34.4. The normalized spacial score (nSPS) is 13.5. The highest BCUT2D eigenvalue weighted by atomic mass is 32.1. The largest absolute Gasteiger partial charge is 0.332 e. The Hall–Kier alpha value is -3.16. The smallest absolute Gasteiger partial charge is 0.322 e. The maximum absolute atomic E-state index is 13.8. The summed E-state index contributed by atoms with van der Waals surface area (Å²) in [5.41, 5.74) is 5.22. The predicted molar refractivity (Wildman–Crippen MR) is 152 cm³/mol. The van der Waals surface area contributed by atoms with Gasteiger partial charge in [-0.3, -0.25) is 4.79 Å². The monoisotopic (exact) mass is 518 g/mol. The van der Waals surface area contributed by atoms with Crippen molar-refractivity contribution in [3.8, 4) is 0 Å². The quantitative estimate of drug-likeness (QED) is 0.367. The molecule has 1 aliphatic rings. The van der Waals surface area contributed by atoms with Crippen molar-refractivity contribution in [3.63, 3.8) is 0 Å². The first-order valence-corrected chi connectivity index (χ1v) is 14.0. The molecule has 1 aromatic heterocycles. The summed E-state index contributed by atoms with van der Waals surface area (Å²) >= 11 is 1.67. The molecule has 3 amide bonds. The van der Waals surface area contributed by atoms with Gasteiger partial charge in [0, 0.05) is 30.2 Å². The molecule has 37 heavy (non-hydrogen) atoms. The summed E-state index contributed by atoms with van der Waals surface area (Å²) < 4.78 is 0. The lowest BCUT2D eigenvalue weighted by molar-refractivity contribution is -0.133. The Morgan fingerprint density at radius 2 is 1.65 bits per heavy atom. The van der Waals surface area contributed by atoms with Crippen molar-refractivity contribution in [2.75, 3.05) is 38.0 Å². The van der Waals surface area contributed by atoms with Gasteiger partial charge >= 0.3 is 6.03 Å². The van der Waals surface area contributed by atoms with Crippen LogP contribution in [0.15, 0.2) is 60.0 Å². The van der Waals surface area contributed by atoms with Crippen molar-refractivity contribution >= 4 is 29.0 Å². The minimum Gasteiger partial charge on any atom is -0.332 e. The molecular weight excluding hydrogens is 480 g/mol. The molecule has 6 nitrogen and oxygen atoms in total. The van der Waals surface area contributed by atoms with Crippen LogP contribution in [0.25, 0.3) is 0 Å². The molecule has 0 bridgehead atoms. The van der Waals surface area contributed by atoms with E-state index in [1.807, 2.05) is 67.3 Å². The first kappa shape index (κ1) is 26.9. The van der Waals surface area contributed by atoms with Gasteiger partial charge in [-0.15, -0.1) is 11.3 Å². The fourth-order valence-corrected chi connectivity index (χ4v) is 5.56. The molecule has 2 heterocycles. The third-order valence-corrected chi connectivity index (χ3v) is 8.22. The van der Waals surface area contributed by atoms with Gasteiger partial charge in [-0.25, -0.2) is 4.79 Å². The summed E-state index contributed by atoms with van der Waals surface area (Å²) in [6, 6.07) is 17.8. The number of carbonyl (C=O) groups excluding carboxylic acids is 2. The molecule has 2 aromatic carbocycles. The molecule has 196 valence electrons. The second-order valence-electron chi connectivity index (χ2n) is 9.91. The van der Waals surface area contributed by atoms with Crippen LogP contribution in [0.3, 0.4) is 0 Å². The van der Waals surface area contributed by atoms with Crippen molar-refractivity contribution in [1.29, 1.82) is 0 Å². The van der Waals surface area contributed by atoms with Gasteiger partial charge in [0.05, 0.1) is 6.54 Å². The number of hydrogen-bond acceptors (Lipinski definition) is 4. The highest BCUT2D eigenvalue weighted by Crippen LogP contribution is 2.21. The van der Waals surface area contributed by atoms with E-state index in [0.29, 0.717) is 19.6 Å². The summed E-state index contributed by atoms with van der Waals surface area (Å²) in [6.07, 6.45) is 2.39. The molecule has 0 radical (unpaired) electrons. The Balaban J connectivity index is 1.52. The number of carbonyl (C=O) groups is 2. The molecule has 4 rings (SSSR count). The van der Waals surface area contributed by atoms with Crippen LogP contribution in [0.4, 0.5) is 10.5 Å². The third-order valence-electron chi connectivity index (χ3n) is 7.22. The van der Waals surface area contributed by atoms with Gasteiger partial charge in [-0.1, -0.05) is 42.5 Å². The molecule has 0 unspecified atom stereocenters. The molecule has 1 fully saturated rings. The maximum atomic E-state index is 13.8. The van der Waals surface area contributed by atoms with Crippen LogP contribution in [-0.2, 0) is 17.9 Å². The van der Waals surface area contributed by atoms with Crippen LogP contribution in [0.1, 0.15) is 40.0 Å². The number of urea groups is 1. The van der Waals surface area contributed by atoms with Crippen molar-refractivity contribution in [2.45, 2.75) is 46.7 Å². The van der Waals surface area contributed by atoms with Crippen LogP contribution in [0, 0.1) is 20.8 Å². The van der Waals surface area contributed by atoms with Gasteiger partial charge in [-0.2, -0.15) is 0 Å². The van der Waals surface area contributed by atoms with E-state index in [9.17, 15) is 9.59 Å². The number of likely N-dealkylation sites (tertiary alicyclic amines) is 1. The zero-order valence-corrected chi connectivity index (χ0v) is 23.0. The average molecular weight is 519 g/mol. The summed E-state index contributed by atoms with van der Waals surface area (Å²) in [5, 5.41) is 5.14. The zero-order chi connectivity index (χ0) is 26.2. The summed E-state index contributed by atoms with van der Waals surface area (Å²) in [7, 11) is 0. The fourth-order valence-electron chi connectivity index (χ4n) is 4.64. The van der Waals surface area contributed by atoms with Crippen molar-refractivity contribution in [2.24, 2.45) is 0 Å². The second-order valence-corrected chi connectivity index (χ2v) is 10.9. The number of nitrogens with zero attached hydrogens (tertiary/aromatic N) is 3. The zero-order valence-electron chi connectivity index (χ0n) is 22.2. The van der Waals surface area contributed by atoms with E-state index in [0.717, 1.165) is 42.0 Å². The first-order chi connectivity index (χ1) is 17.9. The molecule has 3 aromatic rings. The van der Waals surface area contributed by atoms with Gasteiger partial charge in [0.15, 0.2) is 0 Å². The van der Waals surface area contributed by atoms with Crippen LogP contribution < -0.4 is 5.32 Å². The van der Waals surface area contributed by atoms with E-state index in [4.69, 9.17) is 0 Å². The number of anilines is 1. The van der Waals surface area contributed by atoms with E-state index in [2.05, 4.69) is 28.6 Å². The van der Waals surface area contributed by atoms with Crippen molar-refractivity contribution < 1.29 is 9.59 Å². The minimum atomic E-state index is -0.229. The first-order valence-electron chi connectivity index (χ1n) is 13.1. The summed E-state index contributed by atoms with van der Waals surface area (Å²) in [5.74, 6) is -0.0470. The van der Waals surface area contributed by atoms with Crippen molar-refractivity contribution in [1.82, 2.24) is 14.7 Å². The van der Waals surface area contributed by atoms with E-state index in [1.54, 1.807) is 16.2 Å². The highest BCUT2D eigenvalue weighted by Gasteiger charge is 2.24. The Labute approximate surface area is 224 Å². The van der Waals surface area contributed by atoms with Crippen molar-refractivity contribution in [3.05, 3.63) is 87.1 Å². The number of benzene rings is 2. The minimum absolute atomic E-state index is 0.0434. The standard InChI is InChI=1S/C30H38N4O2S/c1-23-10-9-13-27(25(23)3)31-30(36)33(18-17-32-15-7-8-16-32)22-29(35)34(20-26-11-5-4-6-12-26)21-28-24(2)14-19-37-28/h4-6,9-14,19H,7-8,15-18,20-22H2,1-3H3,(H,31,36). The predicted octanol–water partition coefficient (Wildman–Crippen LogP) is 5.83. The van der Waals surface area contributed by atoms with Crippen LogP contribution >= 0.6 is 11.3 Å². The number of amides is 3. The van der Waals surface area contributed by atoms with Crippen LogP contribution in [0.5, 0.6) is 0 Å². The van der Waals surface area contributed by atoms with Crippen LogP contribution in [-0.4, -0.2) is 59.4 Å². The maximum Gasteiger partial charge on any atom is 0.322 e. The Kier molecular flexibility index (Phi) is 9.36.